The van der Waals surface area contributed by atoms with Crippen molar-refractivity contribution in [2.24, 2.45) is 5.92 Å². The third kappa shape index (κ3) is 4.07. The average Bonchev–Trinajstić information content (AvgIpc) is 3.23. The van der Waals surface area contributed by atoms with Gasteiger partial charge in [-0.1, -0.05) is 25.3 Å². The Labute approximate surface area is 179 Å². The van der Waals surface area contributed by atoms with Gasteiger partial charge in [-0.15, -0.1) is 0 Å². The molecule has 162 valence electrons. The second-order valence-electron chi connectivity index (χ2n) is 9.50. The number of hydrogen-bond donors (Lipinski definition) is 1. The van der Waals surface area contributed by atoms with E-state index in [4.69, 9.17) is 4.98 Å². The number of fused-ring (bicyclic) bond motifs is 1. The summed E-state index contributed by atoms with van der Waals surface area (Å²) in [7, 11) is 0. The third-order valence-electron chi connectivity index (χ3n) is 7.49. The number of rotatable bonds is 3. The molecule has 6 nitrogen and oxygen atoms in total. The van der Waals surface area contributed by atoms with E-state index in [-0.39, 0.29) is 5.92 Å². The first-order valence-corrected chi connectivity index (χ1v) is 11.9. The zero-order valence-electron chi connectivity index (χ0n) is 18.3. The van der Waals surface area contributed by atoms with Gasteiger partial charge in [-0.3, -0.25) is 9.69 Å². The number of anilines is 1. The molecule has 1 aromatic carbocycles. The molecule has 6 heteroatoms. The predicted octanol–water partition coefficient (Wildman–Crippen LogP) is 3.56. The molecule has 1 saturated carbocycles. The fourth-order valence-electron chi connectivity index (χ4n) is 5.61. The van der Waals surface area contributed by atoms with E-state index in [1.54, 1.807) is 0 Å². The summed E-state index contributed by atoms with van der Waals surface area (Å²) in [5.41, 5.74) is 3.36. The molecule has 0 bridgehead atoms. The number of nitrogens with zero attached hydrogens (tertiary/aromatic N) is 4. The number of aromatic amines is 1. The molecule has 2 aromatic rings. The van der Waals surface area contributed by atoms with Gasteiger partial charge in [-0.25, -0.2) is 4.98 Å². The first-order valence-electron chi connectivity index (χ1n) is 11.9. The zero-order valence-corrected chi connectivity index (χ0v) is 18.3. The maximum absolute atomic E-state index is 13.1. The van der Waals surface area contributed by atoms with Gasteiger partial charge in [0.15, 0.2) is 0 Å². The van der Waals surface area contributed by atoms with E-state index in [9.17, 15) is 4.79 Å². The van der Waals surface area contributed by atoms with E-state index in [1.807, 2.05) is 0 Å². The number of amides is 1. The molecule has 3 fully saturated rings. The first-order chi connectivity index (χ1) is 14.7. The summed E-state index contributed by atoms with van der Waals surface area (Å²) in [6.07, 6.45) is 8.73. The Balaban J connectivity index is 1.13. The Morgan fingerprint density at radius 1 is 0.967 bits per heavy atom. The summed E-state index contributed by atoms with van der Waals surface area (Å²) in [5.74, 6) is 1.51. The van der Waals surface area contributed by atoms with Gasteiger partial charge in [0, 0.05) is 51.2 Å². The van der Waals surface area contributed by atoms with Gasteiger partial charge in [0.05, 0.1) is 11.0 Å². The summed E-state index contributed by atoms with van der Waals surface area (Å²) < 4.78 is 0. The van der Waals surface area contributed by atoms with Gasteiger partial charge in [0.25, 0.3) is 0 Å². The molecule has 0 atom stereocenters. The minimum atomic E-state index is 0.175. The largest absolute Gasteiger partial charge is 0.342 e. The van der Waals surface area contributed by atoms with Crippen LogP contribution in [0.15, 0.2) is 18.2 Å². The maximum atomic E-state index is 13.1. The summed E-state index contributed by atoms with van der Waals surface area (Å²) in [6.45, 7) is 7.86. The SMILES string of the molecule is Cc1ccc2nc(N3CCC(C(=O)N4CCN(C5CCCCC5)CC4)CC3)[nH]c2c1. The van der Waals surface area contributed by atoms with Crippen molar-refractivity contribution in [3.8, 4) is 0 Å². The number of aromatic nitrogens is 2. The van der Waals surface area contributed by atoms with E-state index in [0.717, 1.165) is 75.1 Å². The summed E-state index contributed by atoms with van der Waals surface area (Å²) in [5, 5.41) is 0. The van der Waals surface area contributed by atoms with Gasteiger partial charge < -0.3 is 14.8 Å². The number of hydrogen-bond acceptors (Lipinski definition) is 4. The Morgan fingerprint density at radius 2 is 1.70 bits per heavy atom. The highest BCUT2D eigenvalue weighted by molar-refractivity contribution is 5.80. The van der Waals surface area contributed by atoms with E-state index >= 15 is 0 Å². The van der Waals surface area contributed by atoms with Crippen LogP contribution in [0.1, 0.15) is 50.5 Å². The standard InChI is InChI=1S/C24H35N5O/c1-18-7-8-21-22(17-18)26-24(25-21)29-11-9-19(10-12-29)23(30)28-15-13-27(14-16-28)20-5-3-2-4-6-20/h7-8,17,19-20H,2-6,9-16H2,1H3,(H,25,26). The second kappa shape index (κ2) is 8.58. The molecule has 5 rings (SSSR count). The van der Waals surface area contributed by atoms with Crippen LogP contribution in [0, 0.1) is 12.8 Å². The molecule has 0 unspecified atom stereocenters. The Kier molecular flexibility index (Phi) is 5.68. The number of piperidine rings is 1. The number of aryl methyl sites for hydroxylation is 1. The highest BCUT2D eigenvalue weighted by Crippen LogP contribution is 2.27. The van der Waals surface area contributed by atoms with Crippen molar-refractivity contribution in [2.75, 3.05) is 44.2 Å². The summed E-state index contributed by atoms with van der Waals surface area (Å²) in [6, 6.07) is 7.10. The quantitative estimate of drug-likeness (QED) is 0.842. The van der Waals surface area contributed by atoms with Crippen LogP contribution in [0.2, 0.25) is 0 Å². The van der Waals surface area contributed by atoms with E-state index in [0.29, 0.717) is 5.91 Å². The average molecular weight is 410 g/mol. The minimum absolute atomic E-state index is 0.175. The van der Waals surface area contributed by atoms with Gasteiger partial charge in [0.2, 0.25) is 11.9 Å². The topological polar surface area (TPSA) is 55.5 Å². The lowest BCUT2D eigenvalue weighted by Crippen LogP contribution is -2.54. The molecule has 1 aliphatic carbocycles. The lowest BCUT2D eigenvalue weighted by atomic mass is 9.93. The molecular formula is C24H35N5O. The molecule has 1 N–H and O–H groups in total. The number of carbonyl (C=O) groups is 1. The Morgan fingerprint density at radius 3 is 2.43 bits per heavy atom. The van der Waals surface area contributed by atoms with E-state index < -0.39 is 0 Å². The maximum Gasteiger partial charge on any atom is 0.225 e. The Bertz CT molecular complexity index is 871. The zero-order chi connectivity index (χ0) is 20.5. The van der Waals surface area contributed by atoms with E-state index in [2.05, 4.69) is 44.8 Å². The monoisotopic (exact) mass is 409 g/mol. The van der Waals surface area contributed by atoms with Crippen molar-refractivity contribution in [1.29, 1.82) is 0 Å². The van der Waals surface area contributed by atoms with Crippen molar-refractivity contribution in [3.05, 3.63) is 23.8 Å². The fraction of sp³-hybridized carbons (Fsp3) is 0.667. The third-order valence-corrected chi connectivity index (χ3v) is 7.49. The number of piperazine rings is 1. The number of benzene rings is 1. The van der Waals surface area contributed by atoms with Gasteiger partial charge >= 0.3 is 0 Å². The molecule has 3 heterocycles. The number of imidazole rings is 1. The molecule has 1 amide bonds. The van der Waals surface area contributed by atoms with Gasteiger partial charge in [0.1, 0.15) is 0 Å². The first kappa shape index (κ1) is 19.9. The highest BCUT2D eigenvalue weighted by Gasteiger charge is 2.32. The molecule has 3 aliphatic rings. The Hall–Kier alpha value is -2.08. The van der Waals surface area contributed by atoms with Crippen LogP contribution in [0.5, 0.6) is 0 Å². The molecule has 2 saturated heterocycles. The molecular weight excluding hydrogens is 374 g/mol. The van der Waals surface area contributed by atoms with Crippen LogP contribution in [-0.2, 0) is 4.79 Å². The van der Waals surface area contributed by atoms with Crippen molar-refractivity contribution in [1.82, 2.24) is 19.8 Å². The van der Waals surface area contributed by atoms with Crippen LogP contribution >= 0.6 is 0 Å². The van der Waals surface area contributed by atoms with Crippen molar-refractivity contribution >= 4 is 22.9 Å². The molecule has 2 aliphatic heterocycles. The van der Waals surface area contributed by atoms with Crippen molar-refractivity contribution < 1.29 is 4.79 Å². The lowest BCUT2D eigenvalue weighted by Gasteiger charge is -2.42. The second-order valence-corrected chi connectivity index (χ2v) is 9.50. The lowest BCUT2D eigenvalue weighted by molar-refractivity contribution is -0.138. The van der Waals surface area contributed by atoms with E-state index in [1.165, 1.54) is 37.7 Å². The highest BCUT2D eigenvalue weighted by atomic mass is 16.2. The number of nitrogens with one attached hydrogen (secondary N) is 1. The van der Waals surface area contributed by atoms with Crippen LogP contribution in [0.4, 0.5) is 5.95 Å². The summed E-state index contributed by atoms with van der Waals surface area (Å²) in [4.78, 5) is 28.4. The molecule has 0 radical (unpaired) electrons. The summed E-state index contributed by atoms with van der Waals surface area (Å²) >= 11 is 0. The van der Waals surface area contributed by atoms with Crippen LogP contribution < -0.4 is 4.90 Å². The molecule has 30 heavy (non-hydrogen) atoms. The minimum Gasteiger partial charge on any atom is -0.342 e. The van der Waals surface area contributed by atoms with Crippen LogP contribution in [0.3, 0.4) is 0 Å². The number of H-pyrrole nitrogens is 1. The molecule has 1 aromatic heterocycles. The van der Waals surface area contributed by atoms with Gasteiger partial charge in [-0.05, 0) is 50.3 Å². The number of carbonyl (C=O) groups excluding carboxylic acids is 1. The van der Waals surface area contributed by atoms with Crippen molar-refractivity contribution in [3.63, 3.8) is 0 Å². The van der Waals surface area contributed by atoms with Crippen molar-refractivity contribution in [2.45, 2.75) is 57.9 Å². The normalized spacial score (nSPS) is 22.7. The van der Waals surface area contributed by atoms with Crippen LogP contribution in [-0.4, -0.2) is 71.0 Å². The fourth-order valence-corrected chi connectivity index (χ4v) is 5.61. The smallest absolute Gasteiger partial charge is 0.225 e. The van der Waals surface area contributed by atoms with Gasteiger partial charge in [-0.2, -0.15) is 0 Å². The predicted molar refractivity (Wildman–Crippen MR) is 121 cm³/mol. The molecule has 0 spiro atoms. The van der Waals surface area contributed by atoms with Crippen LogP contribution in [0.25, 0.3) is 11.0 Å².